The summed E-state index contributed by atoms with van der Waals surface area (Å²) in [6.45, 7) is 6.74. The Bertz CT molecular complexity index is 390. The molecule has 17 heavy (non-hydrogen) atoms. The van der Waals surface area contributed by atoms with E-state index < -0.39 is 0 Å². The molecule has 5 heteroatoms. The molecule has 0 aliphatic rings. The first-order valence-corrected chi connectivity index (χ1v) is 7.44. The van der Waals surface area contributed by atoms with Crippen LogP contribution in [0.2, 0.25) is 5.02 Å². The number of thioether (sulfide) groups is 1. The molecule has 0 aliphatic heterocycles. The predicted molar refractivity (Wildman–Crippen MR) is 74.0 cm³/mol. The maximum atomic E-state index is 11.8. The third-order valence-corrected chi connectivity index (χ3v) is 4.14. The van der Waals surface area contributed by atoms with E-state index in [0.717, 1.165) is 30.1 Å². The van der Waals surface area contributed by atoms with Crippen LogP contribution in [0.3, 0.4) is 0 Å². The van der Waals surface area contributed by atoms with Crippen LogP contribution < -0.4 is 0 Å². The lowest BCUT2D eigenvalue weighted by Crippen LogP contribution is -2.11. The fourth-order valence-corrected chi connectivity index (χ4v) is 2.57. The highest BCUT2D eigenvalue weighted by Crippen LogP contribution is 2.21. The van der Waals surface area contributed by atoms with Gasteiger partial charge in [0.25, 0.3) is 0 Å². The van der Waals surface area contributed by atoms with Crippen molar-refractivity contribution in [2.45, 2.75) is 40.2 Å². The quantitative estimate of drug-likeness (QED) is 0.717. The Morgan fingerprint density at radius 2 is 2.18 bits per heavy atom. The number of carbonyl (C=O) groups is 1. The average molecular weight is 275 g/mol. The van der Waals surface area contributed by atoms with Crippen molar-refractivity contribution in [1.29, 1.82) is 0 Å². The molecule has 0 unspecified atom stereocenters. The van der Waals surface area contributed by atoms with Crippen molar-refractivity contribution in [3.63, 3.8) is 0 Å². The van der Waals surface area contributed by atoms with E-state index in [2.05, 4.69) is 12.0 Å². The largest absolute Gasteiger partial charge is 0.298 e. The number of nitrogens with zero attached hydrogens (tertiary/aromatic N) is 2. The molecule has 0 amide bonds. The van der Waals surface area contributed by atoms with E-state index in [1.165, 1.54) is 0 Å². The Kier molecular flexibility index (Phi) is 6.06. The zero-order chi connectivity index (χ0) is 12.8. The molecule has 3 nitrogen and oxygen atoms in total. The molecule has 0 N–H and O–H groups in total. The number of hydrogen-bond donors (Lipinski definition) is 0. The number of hydrogen-bond acceptors (Lipinski definition) is 3. The van der Waals surface area contributed by atoms with Gasteiger partial charge >= 0.3 is 0 Å². The van der Waals surface area contributed by atoms with Gasteiger partial charge in [0.2, 0.25) is 0 Å². The van der Waals surface area contributed by atoms with Gasteiger partial charge < -0.3 is 0 Å². The molecule has 0 aliphatic carbocycles. The van der Waals surface area contributed by atoms with Crippen LogP contribution in [0.15, 0.2) is 0 Å². The molecular weight excluding hydrogens is 256 g/mol. The van der Waals surface area contributed by atoms with Crippen molar-refractivity contribution in [3.05, 3.63) is 16.4 Å². The first-order valence-electron chi connectivity index (χ1n) is 5.91. The Hall–Kier alpha value is -0.480. The molecular formula is C12H19ClN2OS. The molecule has 0 radical (unpaired) electrons. The second-order valence-corrected chi connectivity index (χ2v) is 5.41. The molecule has 1 aromatic heterocycles. The fourth-order valence-electron chi connectivity index (χ4n) is 1.61. The van der Waals surface area contributed by atoms with Gasteiger partial charge in [-0.1, -0.05) is 18.5 Å². The molecule has 0 saturated carbocycles. The number of ketones is 1. The van der Waals surface area contributed by atoms with Crippen LogP contribution in [0.4, 0.5) is 0 Å². The zero-order valence-corrected chi connectivity index (χ0v) is 12.2. The van der Waals surface area contributed by atoms with E-state index in [1.807, 2.05) is 18.5 Å². The Morgan fingerprint density at radius 3 is 2.76 bits per heavy atom. The number of Topliss-reactive ketones (excluding diaryl/α,β-unsaturated/α-hetero) is 1. The van der Waals surface area contributed by atoms with E-state index in [1.54, 1.807) is 11.8 Å². The van der Waals surface area contributed by atoms with Crippen LogP contribution in [0.5, 0.6) is 0 Å². The third kappa shape index (κ3) is 4.03. The number of aryl methyl sites for hydroxylation is 2. The fraction of sp³-hybridized carbons (Fsp3) is 0.667. The number of halogens is 1. The van der Waals surface area contributed by atoms with Crippen LogP contribution >= 0.6 is 23.4 Å². The van der Waals surface area contributed by atoms with E-state index in [9.17, 15) is 4.79 Å². The predicted octanol–water partition coefficient (Wildman–Crippen LogP) is 3.12. The minimum Gasteiger partial charge on any atom is -0.298 e. The lowest BCUT2D eigenvalue weighted by atomic mass is 10.2. The van der Waals surface area contributed by atoms with Crippen LogP contribution in [-0.2, 0) is 17.8 Å². The van der Waals surface area contributed by atoms with Crippen LogP contribution in [0, 0.1) is 6.92 Å². The molecule has 0 spiro atoms. The zero-order valence-electron chi connectivity index (χ0n) is 10.6. The second kappa shape index (κ2) is 7.07. The molecule has 0 bridgehead atoms. The van der Waals surface area contributed by atoms with Crippen molar-refractivity contribution in [1.82, 2.24) is 9.78 Å². The molecule has 96 valence electrons. The average Bonchev–Trinajstić information content (AvgIpc) is 2.57. The van der Waals surface area contributed by atoms with Crippen LogP contribution in [0.1, 0.15) is 31.7 Å². The molecule has 0 saturated heterocycles. The summed E-state index contributed by atoms with van der Waals surface area (Å²) in [5.41, 5.74) is 1.66. The maximum Gasteiger partial charge on any atom is 0.148 e. The van der Waals surface area contributed by atoms with E-state index in [0.29, 0.717) is 17.2 Å². The SMILES string of the molecule is CCCSCC(=O)Cc1c(Cl)c(C)nn1CC. The van der Waals surface area contributed by atoms with Gasteiger partial charge in [-0.2, -0.15) is 16.9 Å². The highest BCUT2D eigenvalue weighted by Gasteiger charge is 2.15. The van der Waals surface area contributed by atoms with E-state index in [-0.39, 0.29) is 5.78 Å². The highest BCUT2D eigenvalue weighted by molar-refractivity contribution is 7.99. The molecule has 0 fully saturated rings. The van der Waals surface area contributed by atoms with Gasteiger partial charge in [-0.25, -0.2) is 0 Å². The minimum absolute atomic E-state index is 0.222. The monoisotopic (exact) mass is 274 g/mol. The Balaban J connectivity index is 2.64. The summed E-state index contributed by atoms with van der Waals surface area (Å²) < 4.78 is 1.82. The lowest BCUT2D eigenvalue weighted by Gasteiger charge is -2.04. The van der Waals surface area contributed by atoms with E-state index in [4.69, 9.17) is 11.6 Å². The highest BCUT2D eigenvalue weighted by atomic mass is 35.5. The molecule has 1 aromatic rings. The standard InChI is InChI=1S/C12H19ClN2OS/c1-4-6-17-8-10(16)7-11-12(13)9(3)14-15(11)5-2/h4-8H2,1-3H3. The summed E-state index contributed by atoms with van der Waals surface area (Å²) in [7, 11) is 0. The summed E-state index contributed by atoms with van der Waals surface area (Å²) in [4.78, 5) is 11.8. The normalized spacial score (nSPS) is 10.8. The van der Waals surface area contributed by atoms with Crippen LogP contribution in [0.25, 0.3) is 0 Å². The van der Waals surface area contributed by atoms with Crippen molar-refractivity contribution in [2.75, 3.05) is 11.5 Å². The Morgan fingerprint density at radius 1 is 1.47 bits per heavy atom. The molecule has 0 aromatic carbocycles. The summed E-state index contributed by atoms with van der Waals surface area (Å²) >= 11 is 7.84. The smallest absolute Gasteiger partial charge is 0.148 e. The maximum absolute atomic E-state index is 11.8. The minimum atomic E-state index is 0.222. The van der Waals surface area contributed by atoms with Gasteiger partial charge in [0.1, 0.15) is 5.78 Å². The molecule has 1 heterocycles. The number of carbonyl (C=O) groups excluding carboxylic acids is 1. The summed E-state index contributed by atoms with van der Waals surface area (Å²) in [5.74, 6) is 1.82. The van der Waals surface area contributed by atoms with Gasteiger partial charge in [0, 0.05) is 6.54 Å². The van der Waals surface area contributed by atoms with Crippen molar-refractivity contribution >= 4 is 29.1 Å². The van der Waals surface area contributed by atoms with Gasteiger partial charge in [0.15, 0.2) is 0 Å². The van der Waals surface area contributed by atoms with Crippen molar-refractivity contribution in [3.8, 4) is 0 Å². The van der Waals surface area contributed by atoms with Crippen LogP contribution in [-0.4, -0.2) is 27.1 Å². The summed E-state index contributed by atoms with van der Waals surface area (Å²) in [5, 5.41) is 4.94. The Labute approximate surface area is 112 Å². The lowest BCUT2D eigenvalue weighted by molar-refractivity contribution is -0.116. The number of aromatic nitrogens is 2. The summed E-state index contributed by atoms with van der Waals surface area (Å²) in [6.07, 6.45) is 1.49. The summed E-state index contributed by atoms with van der Waals surface area (Å²) in [6, 6.07) is 0. The first kappa shape index (κ1) is 14.6. The second-order valence-electron chi connectivity index (χ2n) is 3.93. The van der Waals surface area contributed by atoms with Gasteiger partial charge in [0.05, 0.1) is 28.6 Å². The van der Waals surface area contributed by atoms with Gasteiger partial charge in [-0.05, 0) is 26.0 Å². The first-order chi connectivity index (χ1) is 8.10. The van der Waals surface area contributed by atoms with Crippen molar-refractivity contribution in [2.24, 2.45) is 0 Å². The van der Waals surface area contributed by atoms with Crippen molar-refractivity contribution < 1.29 is 4.79 Å². The molecule has 0 atom stereocenters. The van der Waals surface area contributed by atoms with E-state index >= 15 is 0 Å². The number of rotatable bonds is 7. The third-order valence-electron chi connectivity index (χ3n) is 2.43. The molecule has 1 rings (SSSR count). The topological polar surface area (TPSA) is 34.9 Å². The van der Waals surface area contributed by atoms with Gasteiger partial charge in [-0.15, -0.1) is 0 Å². The van der Waals surface area contributed by atoms with Gasteiger partial charge in [-0.3, -0.25) is 9.48 Å².